The van der Waals surface area contributed by atoms with Crippen molar-refractivity contribution < 1.29 is 14.6 Å². The zero-order chi connectivity index (χ0) is 10.9. The highest BCUT2D eigenvalue weighted by Gasteiger charge is 2.17. The lowest BCUT2D eigenvalue weighted by Gasteiger charge is -2.06. The van der Waals surface area contributed by atoms with Gasteiger partial charge in [0.2, 0.25) is 5.88 Å². The maximum absolute atomic E-state index is 10.2. The molecule has 0 aliphatic rings. The maximum atomic E-state index is 10.2. The number of hydrogen-bond acceptors (Lipinski definition) is 4. The van der Waals surface area contributed by atoms with Crippen LogP contribution in [0.4, 0.5) is 10.5 Å². The van der Waals surface area contributed by atoms with Gasteiger partial charge in [-0.15, -0.1) is 0 Å². The van der Waals surface area contributed by atoms with Crippen LogP contribution in [0.15, 0.2) is 0 Å². The van der Waals surface area contributed by atoms with Crippen molar-refractivity contribution in [3.8, 4) is 5.88 Å². The first-order chi connectivity index (χ1) is 6.43. The number of carbonyl (C=O) groups is 1. The van der Waals surface area contributed by atoms with Crippen LogP contribution >= 0.6 is 34.8 Å². The molecule has 1 aromatic rings. The van der Waals surface area contributed by atoms with Crippen LogP contribution in [0.1, 0.15) is 0 Å². The van der Waals surface area contributed by atoms with Crippen molar-refractivity contribution in [1.82, 2.24) is 4.98 Å². The topological polar surface area (TPSA) is 85.4 Å². The highest BCUT2D eigenvalue weighted by atomic mass is 35.5. The number of ether oxygens (including phenoxy) is 1. The minimum absolute atomic E-state index is 0.0468. The largest absolute Gasteiger partial charge is 0.512 e. The van der Waals surface area contributed by atoms with Crippen molar-refractivity contribution in [1.29, 1.82) is 0 Å². The van der Waals surface area contributed by atoms with E-state index in [1.165, 1.54) is 0 Å². The quantitative estimate of drug-likeness (QED) is 0.597. The zero-order valence-electron chi connectivity index (χ0n) is 6.42. The van der Waals surface area contributed by atoms with E-state index in [1.54, 1.807) is 0 Å². The van der Waals surface area contributed by atoms with Crippen LogP contribution in [0.3, 0.4) is 0 Å². The van der Waals surface area contributed by atoms with Crippen molar-refractivity contribution in [3.05, 3.63) is 15.2 Å². The van der Waals surface area contributed by atoms with Crippen LogP contribution in [0.25, 0.3) is 0 Å². The molecule has 0 saturated carbocycles. The summed E-state index contributed by atoms with van der Waals surface area (Å²) in [5.74, 6) is -0.397. The van der Waals surface area contributed by atoms with Gasteiger partial charge in [-0.2, -0.15) is 4.98 Å². The number of halogens is 3. The second-order valence-corrected chi connectivity index (χ2v) is 3.23. The van der Waals surface area contributed by atoms with Crippen molar-refractivity contribution in [2.75, 3.05) is 5.73 Å². The molecule has 0 aliphatic heterocycles. The third-order valence-corrected chi connectivity index (χ3v) is 2.34. The Morgan fingerprint density at radius 2 is 1.93 bits per heavy atom. The fourth-order valence-corrected chi connectivity index (χ4v) is 1.20. The van der Waals surface area contributed by atoms with Crippen molar-refractivity contribution in [2.24, 2.45) is 0 Å². The molecular weight excluding hydrogens is 254 g/mol. The second kappa shape index (κ2) is 4.08. The number of anilines is 1. The first-order valence-electron chi connectivity index (χ1n) is 3.14. The number of nitrogen functional groups attached to an aromatic ring is 1. The molecule has 0 unspecified atom stereocenters. The molecule has 0 aliphatic carbocycles. The Labute approximate surface area is 93.3 Å². The molecule has 5 nitrogen and oxygen atoms in total. The molecule has 76 valence electrons. The molecule has 1 rings (SSSR count). The van der Waals surface area contributed by atoms with Gasteiger partial charge in [-0.1, -0.05) is 34.8 Å². The zero-order valence-corrected chi connectivity index (χ0v) is 8.69. The summed E-state index contributed by atoms with van der Waals surface area (Å²) in [6.07, 6.45) is -1.57. The molecule has 0 saturated heterocycles. The number of pyridine rings is 1. The molecule has 0 fully saturated rings. The van der Waals surface area contributed by atoms with E-state index < -0.39 is 12.0 Å². The lowest BCUT2D eigenvalue weighted by atomic mass is 10.4. The fraction of sp³-hybridized carbons (Fsp3) is 0. The van der Waals surface area contributed by atoms with Crippen LogP contribution in [0, 0.1) is 0 Å². The van der Waals surface area contributed by atoms with Crippen LogP contribution in [0.5, 0.6) is 5.88 Å². The molecule has 14 heavy (non-hydrogen) atoms. The van der Waals surface area contributed by atoms with Gasteiger partial charge in [0, 0.05) is 0 Å². The van der Waals surface area contributed by atoms with E-state index in [9.17, 15) is 4.79 Å². The Morgan fingerprint density at radius 1 is 1.36 bits per heavy atom. The smallest absolute Gasteiger partial charge is 0.449 e. The second-order valence-electron chi connectivity index (χ2n) is 2.12. The Kier molecular flexibility index (Phi) is 3.25. The molecular formula is C6H3Cl3N2O3. The van der Waals surface area contributed by atoms with Gasteiger partial charge in [-0.25, -0.2) is 4.79 Å². The van der Waals surface area contributed by atoms with Crippen molar-refractivity contribution >= 4 is 46.6 Å². The van der Waals surface area contributed by atoms with Gasteiger partial charge in [-0.3, -0.25) is 0 Å². The summed E-state index contributed by atoms with van der Waals surface area (Å²) in [6.45, 7) is 0. The van der Waals surface area contributed by atoms with Crippen molar-refractivity contribution in [3.63, 3.8) is 0 Å². The molecule has 0 bridgehead atoms. The van der Waals surface area contributed by atoms with Gasteiger partial charge in [0.15, 0.2) is 5.15 Å². The lowest BCUT2D eigenvalue weighted by Crippen LogP contribution is -2.06. The normalized spacial score (nSPS) is 9.93. The molecule has 8 heteroatoms. The van der Waals surface area contributed by atoms with Crippen LogP contribution in [-0.2, 0) is 0 Å². The number of aromatic nitrogens is 1. The number of carboxylic acid groups (broad SMARTS) is 1. The van der Waals surface area contributed by atoms with Crippen LogP contribution in [0.2, 0.25) is 15.2 Å². The fourth-order valence-electron chi connectivity index (χ4n) is 0.660. The summed E-state index contributed by atoms with van der Waals surface area (Å²) in [4.78, 5) is 13.7. The summed E-state index contributed by atoms with van der Waals surface area (Å²) < 4.78 is 4.21. The monoisotopic (exact) mass is 256 g/mol. The first kappa shape index (κ1) is 11.2. The standard InChI is InChI=1S/C6H3Cl3N2O3/c7-1-3(10)2(8)5(11-4(1)9)14-6(12)13/h(H2,10,11)(H,12,13). The van der Waals surface area contributed by atoms with Gasteiger partial charge in [-0.05, 0) is 0 Å². The minimum atomic E-state index is -1.57. The third kappa shape index (κ3) is 2.12. The summed E-state index contributed by atoms with van der Waals surface area (Å²) in [5, 5.41) is 7.89. The highest BCUT2D eigenvalue weighted by Crippen LogP contribution is 2.37. The first-order valence-corrected chi connectivity index (χ1v) is 4.27. The Morgan fingerprint density at radius 3 is 2.43 bits per heavy atom. The summed E-state index contributed by atoms with van der Waals surface area (Å²) in [5.41, 5.74) is 5.32. The van der Waals surface area contributed by atoms with Gasteiger partial charge < -0.3 is 15.6 Å². The Bertz CT molecular complexity index is 396. The van der Waals surface area contributed by atoms with E-state index >= 15 is 0 Å². The maximum Gasteiger partial charge on any atom is 0.512 e. The molecule has 3 N–H and O–H groups in total. The molecule has 0 radical (unpaired) electrons. The van der Waals surface area contributed by atoms with E-state index in [1.807, 2.05) is 0 Å². The molecule has 1 aromatic heterocycles. The van der Waals surface area contributed by atoms with Gasteiger partial charge in [0.1, 0.15) is 10.0 Å². The summed E-state index contributed by atoms with van der Waals surface area (Å²) in [6, 6.07) is 0. The summed E-state index contributed by atoms with van der Waals surface area (Å²) in [7, 11) is 0. The minimum Gasteiger partial charge on any atom is -0.449 e. The van der Waals surface area contributed by atoms with Gasteiger partial charge in [0.05, 0.1) is 5.69 Å². The van der Waals surface area contributed by atoms with Gasteiger partial charge in [0.25, 0.3) is 0 Å². The van der Waals surface area contributed by atoms with E-state index in [4.69, 9.17) is 45.6 Å². The predicted molar refractivity (Wildman–Crippen MR) is 52.3 cm³/mol. The number of rotatable bonds is 1. The molecule has 0 atom stereocenters. The lowest BCUT2D eigenvalue weighted by molar-refractivity contribution is 0.142. The van der Waals surface area contributed by atoms with E-state index in [-0.39, 0.29) is 20.9 Å². The average molecular weight is 257 g/mol. The predicted octanol–water partition coefficient (Wildman–Crippen LogP) is 2.68. The Balaban J connectivity index is 3.25. The molecule has 1 heterocycles. The highest BCUT2D eigenvalue weighted by molar-refractivity contribution is 6.45. The van der Waals surface area contributed by atoms with E-state index in [2.05, 4.69) is 9.72 Å². The van der Waals surface area contributed by atoms with E-state index in [0.717, 1.165) is 0 Å². The number of nitrogens with two attached hydrogens (primary N) is 1. The number of hydrogen-bond donors (Lipinski definition) is 2. The molecule has 0 amide bonds. The SMILES string of the molecule is Nc1c(Cl)c(Cl)nc(OC(=O)O)c1Cl. The van der Waals surface area contributed by atoms with Crippen molar-refractivity contribution in [2.45, 2.75) is 0 Å². The molecule has 0 spiro atoms. The van der Waals surface area contributed by atoms with Crippen LogP contribution in [-0.4, -0.2) is 16.2 Å². The summed E-state index contributed by atoms with van der Waals surface area (Å²) >= 11 is 16.7. The molecule has 0 aromatic carbocycles. The van der Waals surface area contributed by atoms with Gasteiger partial charge >= 0.3 is 6.16 Å². The Hall–Kier alpha value is -0.910. The average Bonchev–Trinajstić information content (AvgIpc) is 2.10. The number of nitrogens with zero attached hydrogens (tertiary/aromatic N) is 1. The van der Waals surface area contributed by atoms with Crippen LogP contribution < -0.4 is 10.5 Å². The van der Waals surface area contributed by atoms with E-state index in [0.29, 0.717) is 0 Å². The third-order valence-electron chi connectivity index (χ3n) is 1.23.